The van der Waals surface area contributed by atoms with Crippen molar-refractivity contribution >= 4 is 23.2 Å². The van der Waals surface area contributed by atoms with Gasteiger partial charge in [0.05, 0.1) is 18.3 Å². The summed E-state index contributed by atoms with van der Waals surface area (Å²) in [5, 5.41) is 2.87. The molecule has 0 atom stereocenters. The van der Waals surface area contributed by atoms with Gasteiger partial charge in [0.2, 0.25) is 11.8 Å². The van der Waals surface area contributed by atoms with Crippen molar-refractivity contribution in [1.29, 1.82) is 0 Å². The van der Waals surface area contributed by atoms with E-state index in [9.17, 15) is 9.59 Å². The molecule has 1 saturated heterocycles. The van der Waals surface area contributed by atoms with Crippen LogP contribution in [0, 0.1) is 0 Å². The lowest BCUT2D eigenvalue weighted by molar-refractivity contribution is -0.120. The van der Waals surface area contributed by atoms with Crippen LogP contribution in [0.15, 0.2) is 42.6 Å². The highest BCUT2D eigenvalue weighted by molar-refractivity contribution is 5.95. The Morgan fingerprint density at radius 1 is 1.21 bits per heavy atom. The van der Waals surface area contributed by atoms with E-state index < -0.39 is 0 Å². The number of aromatic nitrogens is 1. The fraction of sp³-hybridized carbons (Fsp3) is 0.278. The summed E-state index contributed by atoms with van der Waals surface area (Å²) >= 11 is 0. The molecule has 2 aromatic rings. The van der Waals surface area contributed by atoms with E-state index in [0.29, 0.717) is 24.3 Å². The number of hydrogen-bond donors (Lipinski definition) is 2. The summed E-state index contributed by atoms with van der Waals surface area (Å²) in [6, 6.07) is 11.2. The zero-order chi connectivity index (χ0) is 16.9. The molecule has 2 amide bonds. The molecule has 6 nitrogen and oxygen atoms in total. The number of pyridine rings is 1. The maximum atomic E-state index is 12.0. The van der Waals surface area contributed by atoms with E-state index in [4.69, 9.17) is 5.73 Å². The van der Waals surface area contributed by atoms with Crippen LogP contribution in [0.2, 0.25) is 0 Å². The van der Waals surface area contributed by atoms with Crippen LogP contribution in [0.25, 0.3) is 0 Å². The largest absolute Gasteiger partial charge is 0.397 e. The molecule has 1 aliphatic heterocycles. The van der Waals surface area contributed by atoms with Gasteiger partial charge in [0.15, 0.2) is 0 Å². The van der Waals surface area contributed by atoms with Gasteiger partial charge in [-0.05, 0) is 36.2 Å². The highest BCUT2D eigenvalue weighted by Crippen LogP contribution is 2.21. The Bertz CT molecular complexity index is 726. The first-order valence-corrected chi connectivity index (χ1v) is 7.98. The maximum absolute atomic E-state index is 12.0. The van der Waals surface area contributed by atoms with Crippen molar-refractivity contribution in [3.8, 4) is 0 Å². The Hall–Kier alpha value is -2.89. The lowest BCUT2D eigenvalue weighted by Crippen LogP contribution is -2.25. The van der Waals surface area contributed by atoms with Crippen LogP contribution in [0.3, 0.4) is 0 Å². The van der Waals surface area contributed by atoms with Crippen molar-refractivity contribution < 1.29 is 9.59 Å². The third kappa shape index (κ3) is 3.90. The Morgan fingerprint density at radius 3 is 2.62 bits per heavy atom. The lowest BCUT2D eigenvalue weighted by Gasteiger charge is -2.16. The SMILES string of the molecule is Nc1ccc(CC(=O)NCc2ccc(N3CCCC3=O)cc2)nc1. The number of amides is 2. The summed E-state index contributed by atoms with van der Waals surface area (Å²) in [4.78, 5) is 29.6. The van der Waals surface area contributed by atoms with Gasteiger partial charge in [-0.3, -0.25) is 14.6 Å². The highest BCUT2D eigenvalue weighted by atomic mass is 16.2. The van der Waals surface area contributed by atoms with Crippen molar-refractivity contribution in [3.05, 3.63) is 53.9 Å². The normalized spacial score (nSPS) is 14.0. The number of nitrogens with zero attached hydrogens (tertiary/aromatic N) is 2. The first-order chi connectivity index (χ1) is 11.6. The monoisotopic (exact) mass is 324 g/mol. The second-order valence-corrected chi connectivity index (χ2v) is 5.85. The van der Waals surface area contributed by atoms with Gasteiger partial charge in [-0.1, -0.05) is 12.1 Å². The molecular formula is C18H20N4O2. The van der Waals surface area contributed by atoms with E-state index >= 15 is 0 Å². The summed E-state index contributed by atoms with van der Waals surface area (Å²) in [5.74, 6) is 0.0816. The number of benzene rings is 1. The van der Waals surface area contributed by atoms with Gasteiger partial charge in [0.1, 0.15) is 0 Å². The molecule has 1 aromatic heterocycles. The molecular weight excluding hydrogens is 304 g/mol. The van der Waals surface area contributed by atoms with E-state index in [1.165, 1.54) is 0 Å². The number of nitrogen functional groups attached to an aromatic ring is 1. The number of carbonyl (C=O) groups excluding carboxylic acids is 2. The molecule has 6 heteroatoms. The second kappa shape index (κ2) is 7.12. The van der Waals surface area contributed by atoms with Gasteiger partial charge < -0.3 is 16.0 Å². The molecule has 0 aliphatic carbocycles. The average Bonchev–Trinajstić information content (AvgIpc) is 3.02. The quantitative estimate of drug-likeness (QED) is 0.875. The number of anilines is 2. The number of carbonyl (C=O) groups is 2. The fourth-order valence-corrected chi connectivity index (χ4v) is 2.68. The molecule has 1 aliphatic rings. The van der Waals surface area contributed by atoms with E-state index in [1.807, 2.05) is 24.3 Å². The van der Waals surface area contributed by atoms with Gasteiger partial charge in [0.25, 0.3) is 0 Å². The first-order valence-electron chi connectivity index (χ1n) is 7.98. The second-order valence-electron chi connectivity index (χ2n) is 5.85. The van der Waals surface area contributed by atoms with E-state index in [2.05, 4.69) is 10.3 Å². The average molecular weight is 324 g/mol. The lowest BCUT2D eigenvalue weighted by atomic mass is 10.2. The number of nitrogens with two attached hydrogens (primary N) is 1. The Labute approximate surface area is 140 Å². The zero-order valence-electron chi connectivity index (χ0n) is 13.4. The molecule has 3 rings (SSSR count). The van der Waals surface area contributed by atoms with E-state index in [1.54, 1.807) is 23.2 Å². The fourth-order valence-electron chi connectivity index (χ4n) is 2.68. The predicted molar refractivity (Wildman–Crippen MR) is 92.2 cm³/mol. The van der Waals surface area contributed by atoms with Crippen molar-refractivity contribution in [2.75, 3.05) is 17.2 Å². The number of hydrogen-bond acceptors (Lipinski definition) is 4. The Balaban J connectivity index is 1.51. The minimum Gasteiger partial charge on any atom is -0.397 e. The molecule has 2 heterocycles. The molecule has 1 fully saturated rings. The van der Waals surface area contributed by atoms with E-state index in [-0.39, 0.29) is 18.2 Å². The van der Waals surface area contributed by atoms with E-state index in [0.717, 1.165) is 24.2 Å². The molecule has 24 heavy (non-hydrogen) atoms. The zero-order valence-corrected chi connectivity index (χ0v) is 13.4. The van der Waals surface area contributed by atoms with Crippen molar-refractivity contribution in [2.24, 2.45) is 0 Å². The van der Waals surface area contributed by atoms with Gasteiger partial charge in [-0.25, -0.2) is 0 Å². The van der Waals surface area contributed by atoms with Crippen LogP contribution < -0.4 is 16.0 Å². The van der Waals surface area contributed by atoms with Gasteiger partial charge in [-0.15, -0.1) is 0 Å². The van der Waals surface area contributed by atoms with Crippen LogP contribution in [-0.4, -0.2) is 23.3 Å². The molecule has 0 spiro atoms. The first kappa shape index (κ1) is 16.0. The summed E-state index contributed by atoms with van der Waals surface area (Å²) in [5.41, 5.74) is 8.74. The standard InChI is InChI=1S/C18H20N4O2/c19-14-5-6-15(20-12-14)10-17(23)21-11-13-3-7-16(8-4-13)22-9-1-2-18(22)24/h3-8,12H,1-2,9-11,19H2,(H,21,23). The number of nitrogens with one attached hydrogen (secondary N) is 1. The smallest absolute Gasteiger partial charge is 0.227 e. The van der Waals surface area contributed by atoms with Crippen molar-refractivity contribution in [2.45, 2.75) is 25.8 Å². The Kier molecular flexibility index (Phi) is 4.74. The summed E-state index contributed by atoms with van der Waals surface area (Å²) in [7, 11) is 0. The molecule has 1 aromatic carbocycles. The third-order valence-corrected chi connectivity index (χ3v) is 4.00. The summed E-state index contributed by atoms with van der Waals surface area (Å²) in [6.07, 6.45) is 3.30. The van der Waals surface area contributed by atoms with Crippen LogP contribution >= 0.6 is 0 Å². The topological polar surface area (TPSA) is 88.3 Å². The van der Waals surface area contributed by atoms with Crippen LogP contribution in [0.1, 0.15) is 24.1 Å². The van der Waals surface area contributed by atoms with Crippen molar-refractivity contribution in [3.63, 3.8) is 0 Å². The Morgan fingerprint density at radius 2 is 2.00 bits per heavy atom. The van der Waals surface area contributed by atoms with Gasteiger partial charge in [-0.2, -0.15) is 0 Å². The minimum absolute atomic E-state index is 0.0916. The van der Waals surface area contributed by atoms with Crippen LogP contribution in [0.4, 0.5) is 11.4 Å². The maximum Gasteiger partial charge on any atom is 0.227 e. The third-order valence-electron chi connectivity index (χ3n) is 4.00. The van der Waals surface area contributed by atoms with Crippen LogP contribution in [0.5, 0.6) is 0 Å². The van der Waals surface area contributed by atoms with Crippen molar-refractivity contribution in [1.82, 2.24) is 10.3 Å². The minimum atomic E-state index is -0.0916. The van der Waals surface area contributed by atoms with Crippen LogP contribution in [-0.2, 0) is 22.6 Å². The molecule has 3 N–H and O–H groups in total. The molecule has 0 radical (unpaired) electrons. The molecule has 0 bridgehead atoms. The number of rotatable bonds is 5. The predicted octanol–water partition coefficient (Wildman–Crippen LogP) is 1.65. The summed E-state index contributed by atoms with van der Waals surface area (Å²) in [6.45, 7) is 1.23. The summed E-state index contributed by atoms with van der Waals surface area (Å²) < 4.78 is 0. The van der Waals surface area contributed by atoms with Gasteiger partial charge >= 0.3 is 0 Å². The highest BCUT2D eigenvalue weighted by Gasteiger charge is 2.21. The molecule has 124 valence electrons. The molecule has 0 unspecified atom stereocenters. The van der Waals surface area contributed by atoms with Gasteiger partial charge in [0, 0.05) is 30.9 Å². The molecule has 0 saturated carbocycles.